The Labute approximate surface area is 97.7 Å². The predicted molar refractivity (Wildman–Crippen MR) is 62.3 cm³/mol. The second-order valence-corrected chi connectivity index (χ2v) is 5.17. The molecule has 1 unspecified atom stereocenters. The summed E-state index contributed by atoms with van der Waals surface area (Å²) in [6, 6.07) is 0.143. The van der Waals surface area contributed by atoms with Gasteiger partial charge in [0.2, 0.25) is 0 Å². The molecule has 0 aromatic rings. The number of hydrogen-bond donors (Lipinski definition) is 1. The van der Waals surface area contributed by atoms with E-state index in [2.05, 4.69) is 5.32 Å². The van der Waals surface area contributed by atoms with E-state index in [1.165, 1.54) is 0 Å². The Morgan fingerprint density at radius 3 is 2.50 bits per heavy atom. The lowest BCUT2D eigenvalue weighted by Gasteiger charge is -2.24. The number of carbonyl (C=O) groups excluding carboxylic acids is 1. The zero-order valence-electron chi connectivity index (χ0n) is 10.7. The first-order chi connectivity index (χ1) is 7.42. The molecule has 0 radical (unpaired) electrons. The Bertz CT molecular complexity index is 231. The van der Waals surface area contributed by atoms with Crippen molar-refractivity contribution in [2.45, 2.75) is 58.2 Å². The minimum Gasteiger partial charge on any atom is -0.465 e. The molecule has 1 N–H and O–H groups in total. The molecule has 1 fully saturated rings. The van der Waals surface area contributed by atoms with Crippen molar-refractivity contribution in [2.24, 2.45) is 0 Å². The number of esters is 1. The van der Waals surface area contributed by atoms with E-state index in [0.29, 0.717) is 19.3 Å². The quantitative estimate of drug-likeness (QED) is 0.701. The molecule has 0 spiro atoms. The summed E-state index contributed by atoms with van der Waals surface area (Å²) in [5, 5.41) is 3.25. The molecule has 0 heterocycles. The van der Waals surface area contributed by atoms with Gasteiger partial charge < -0.3 is 9.47 Å². The van der Waals surface area contributed by atoms with Crippen LogP contribution in [0.2, 0.25) is 0 Å². The lowest BCUT2D eigenvalue weighted by atomic mass is 10.2. The van der Waals surface area contributed by atoms with Crippen molar-refractivity contribution in [1.29, 1.82) is 0 Å². The summed E-state index contributed by atoms with van der Waals surface area (Å²) in [6.45, 7) is 8.54. The van der Waals surface area contributed by atoms with Gasteiger partial charge in [-0.1, -0.05) is 0 Å². The molecule has 94 valence electrons. The van der Waals surface area contributed by atoms with E-state index in [1.54, 1.807) is 0 Å². The van der Waals surface area contributed by atoms with Gasteiger partial charge in [-0.05, 0) is 40.5 Å². The van der Waals surface area contributed by atoms with Crippen LogP contribution in [0.4, 0.5) is 0 Å². The fourth-order valence-electron chi connectivity index (χ4n) is 1.29. The van der Waals surface area contributed by atoms with Crippen molar-refractivity contribution in [3.05, 3.63) is 0 Å². The highest BCUT2D eigenvalue weighted by Crippen LogP contribution is 2.20. The third-order valence-corrected chi connectivity index (χ3v) is 2.27. The maximum Gasteiger partial charge on any atom is 0.325 e. The minimum atomic E-state index is -0.327. The van der Waals surface area contributed by atoms with Gasteiger partial charge in [0.15, 0.2) is 0 Å². The summed E-state index contributed by atoms with van der Waals surface area (Å²) in [6.07, 6.45) is 2.29. The summed E-state index contributed by atoms with van der Waals surface area (Å²) in [7, 11) is 0. The lowest BCUT2D eigenvalue weighted by molar-refractivity contribution is -0.149. The van der Waals surface area contributed by atoms with Crippen molar-refractivity contribution < 1.29 is 14.3 Å². The second kappa shape index (κ2) is 5.64. The van der Waals surface area contributed by atoms with Crippen molar-refractivity contribution in [2.75, 3.05) is 13.2 Å². The number of nitrogens with one attached hydrogen (secondary N) is 1. The van der Waals surface area contributed by atoms with Crippen LogP contribution in [0.5, 0.6) is 0 Å². The summed E-state index contributed by atoms with van der Waals surface area (Å²) in [5.74, 6) is -0.210. The number of carbonyl (C=O) groups is 1. The van der Waals surface area contributed by atoms with E-state index in [0.717, 1.165) is 12.8 Å². The third kappa shape index (κ3) is 5.47. The van der Waals surface area contributed by atoms with Crippen molar-refractivity contribution in [1.82, 2.24) is 5.32 Å². The molecule has 1 aliphatic carbocycles. The Morgan fingerprint density at radius 1 is 1.44 bits per heavy atom. The molecule has 0 saturated heterocycles. The molecule has 0 aromatic carbocycles. The monoisotopic (exact) mass is 229 g/mol. The molecule has 16 heavy (non-hydrogen) atoms. The van der Waals surface area contributed by atoms with Crippen LogP contribution >= 0.6 is 0 Å². The van der Waals surface area contributed by atoms with Crippen LogP contribution in [0.1, 0.15) is 40.5 Å². The smallest absolute Gasteiger partial charge is 0.325 e. The van der Waals surface area contributed by atoms with Gasteiger partial charge in [0, 0.05) is 6.04 Å². The van der Waals surface area contributed by atoms with Crippen molar-refractivity contribution in [3.8, 4) is 0 Å². The molecule has 4 nitrogen and oxygen atoms in total. The Morgan fingerprint density at radius 2 is 2.06 bits per heavy atom. The Kier molecular flexibility index (Phi) is 4.74. The number of rotatable bonds is 6. The molecule has 4 heteroatoms. The van der Waals surface area contributed by atoms with Crippen LogP contribution in [0.15, 0.2) is 0 Å². The van der Waals surface area contributed by atoms with Crippen molar-refractivity contribution >= 4 is 5.97 Å². The lowest BCUT2D eigenvalue weighted by Crippen LogP contribution is -2.44. The van der Waals surface area contributed by atoms with Crippen molar-refractivity contribution in [3.63, 3.8) is 0 Å². The van der Waals surface area contributed by atoms with E-state index in [4.69, 9.17) is 9.47 Å². The minimum absolute atomic E-state index is 0.210. The van der Waals surface area contributed by atoms with Gasteiger partial charge in [-0.25, -0.2) is 0 Å². The number of ether oxygens (including phenoxy) is 2. The molecule has 1 rings (SSSR count). The molecule has 1 atom stereocenters. The van der Waals surface area contributed by atoms with Gasteiger partial charge in [-0.2, -0.15) is 0 Å². The van der Waals surface area contributed by atoms with E-state index in [9.17, 15) is 4.79 Å². The Balaban J connectivity index is 2.39. The van der Waals surface area contributed by atoms with Gasteiger partial charge in [-0.15, -0.1) is 0 Å². The molecule has 1 aliphatic rings. The summed E-state index contributed by atoms with van der Waals surface area (Å²) in [5.41, 5.74) is -0.226. The largest absolute Gasteiger partial charge is 0.465 e. The fourth-order valence-corrected chi connectivity index (χ4v) is 1.29. The third-order valence-electron chi connectivity index (χ3n) is 2.27. The molecule has 0 aliphatic heterocycles. The van der Waals surface area contributed by atoms with Crippen LogP contribution < -0.4 is 5.32 Å². The normalized spacial score (nSPS) is 18.2. The Hall–Kier alpha value is -0.610. The van der Waals surface area contributed by atoms with Crippen LogP contribution in [0, 0.1) is 0 Å². The van der Waals surface area contributed by atoms with Gasteiger partial charge in [0.1, 0.15) is 6.04 Å². The SMILES string of the molecule is CCOC(=O)C(COC(C)(C)C)NC1CC1. The fraction of sp³-hybridized carbons (Fsp3) is 0.917. The summed E-state index contributed by atoms with van der Waals surface area (Å²) in [4.78, 5) is 11.7. The number of hydrogen-bond acceptors (Lipinski definition) is 4. The highest BCUT2D eigenvalue weighted by molar-refractivity contribution is 5.76. The average Bonchev–Trinajstić information content (AvgIpc) is 2.94. The second-order valence-electron chi connectivity index (χ2n) is 5.17. The van der Waals surface area contributed by atoms with Crippen LogP contribution in [-0.4, -0.2) is 36.9 Å². The van der Waals surface area contributed by atoms with Crippen LogP contribution in [0.3, 0.4) is 0 Å². The van der Waals surface area contributed by atoms with E-state index in [1.807, 2.05) is 27.7 Å². The molecular weight excluding hydrogens is 206 g/mol. The topological polar surface area (TPSA) is 47.6 Å². The average molecular weight is 229 g/mol. The highest BCUT2D eigenvalue weighted by Gasteiger charge is 2.30. The maximum atomic E-state index is 11.7. The highest BCUT2D eigenvalue weighted by atomic mass is 16.5. The molecule has 0 bridgehead atoms. The van der Waals surface area contributed by atoms with Gasteiger partial charge in [-0.3, -0.25) is 10.1 Å². The maximum absolute atomic E-state index is 11.7. The first-order valence-corrected chi connectivity index (χ1v) is 5.99. The summed E-state index contributed by atoms with van der Waals surface area (Å²) >= 11 is 0. The van der Waals surface area contributed by atoms with Gasteiger partial charge >= 0.3 is 5.97 Å². The van der Waals surface area contributed by atoms with Crippen LogP contribution in [0.25, 0.3) is 0 Å². The van der Waals surface area contributed by atoms with Crippen LogP contribution in [-0.2, 0) is 14.3 Å². The summed E-state index contributed by atoms with van der Waals surface area (Å²) < 4.78 is 10.6. The molecular formula is C12H23NO3. The predicted octanol–water partition coefficient (Wildman–Crippen LogP) is 1.49. The first kappa shape index (κ1) is 13.5. The molecule has 0 amide bonds. The van der Waals surface area contributed by atoms with Gasteiger partial charge in [0.25, 0.3) is 0 Å². The standard InChI is InChI=1S/C12H23NO3/c1-5-15-11(14)10(13-9-6-7-9)8-16-12(2,3)4/h9-10,13H,5-8H2,1-4H3. The van der Waals surface area contributed by atoms with Gasteiger partial charge in [0.05, 0.1) is 18.8 Å². The van der Waals surface area contributed by atoms with E-state index in [-0.39, 0.29) is 17.6 Å². The van der Waals surface area contributed by atoms with E-state index >= 15 is 0 Å². The molecule has 0 aromatic heterocycles. The van der Waals surface area contributed by atoms with E-state index < -0.39 is 0 Å². The molecule has 1 saturated carbocycles. The first-order valence-electron chi connectivity index (χ1n) is 5.99. The zero-order chi connectivity index (χ0) is 12.2. The zero-order valence-corrected chi connectivity index (χ0v) is 10.7.